The number of amides is 1. The number of carbonyl (C=O) groups excluding carboxylic acids is 1. The van der Waals surface area contributed by atoms with Gasteiger partial charge in [0, 0.05) is 56.6 Å². The molecule has 0 aliphatic rings. The monoisotopic (exact) mass is 1350 g/mol. The summed E-state index contributed by atoms with van der Waals surface area (Å²) < 4.78 is 8.24. The van der Waals surface area contributed by atoms with Gasteiger partial charge in [0.25, 0.3) is 11.6 Å². The number of benzene rings is 9. The fraction of sp³-hybridized carbons (Fsp3) is 0.0667. The van der Waals surface area contributed by atoms with Crippen LogP contribution in [-0.2, 0) is 6.54 Å². The third kappa shape index (κ3) is 19.5. The number of nitro groups is 1. The van der Waals surface area contributed by atoms with E-state index in [9.17, 15) is 14.9 Å². The molecule has 0 fully saturated rings. The summed E-state index contributed by atoms with van der Waals surface area (Å²) in [4.78, 5) is 43.9. The highest BCUT2D eigenvalue weighted by Gasteiger charge is 2.14. The van der Waals surface area contributed by atoms with E-state index in [1.807, 2.05) is 243 Å². The lowest BCUT2D eigenvalue weighted by molar-refractivity contribution is -0.384. The lowest BCUT2D eigenvalue weighted by Gasteiger charge is -2.14. The fourth-order valence-electron chi connectivity index (χ4n) is 9.53. The van der Waals surface area contributed by atoms with Gasteiger partial charge in [-0.3, -0.25) is 31.2 Å². The SMILES string of the molecule is CCC(C)Nn1cc(-c2ccccc2)nc1N.Nc1nc(-c2ccccc2)cn1NC(=O)c1ccccc1.Nc1nc(-c2ccccc2)cn1NCc1ccc(Cl)cc1.Nc1nc(-c2ccccc2)cn1Nc1ccc([N+](=O)[O-])cc1.Nc1nc(-c2ccccc2)cn1Nc1ccccc1. The predicted octanol–water partition coefficient (Wildman–Crippen LogP) is 14.4. The third-order valence-corrected chi connectivity index (χ3v) is 15.2. The van der Waals surface area contributed by atoms with Crippen molar-refractivity contribution < 1.29 is 9.72 Å². The number of nitro benzene ring substituents is 1. The molecule has 0 bridgehead atoms. The maximum absolute atomic E-state index is 12.1. The number of hydrogen-bond donors (Lipinski definition) is 10. The average molecular weight is 1350 g/mol. The molecule has 0 radical (unpaired) electrons. The van der Waals surface area contributed by atoms with Gasteiger partial charge in [-0.15, -0.1) is 0 Å². The highest BCUT2D eigenvalue weighted by Crippen LogP contribution is 2.25. The van der Waals surface area contributed by atoms with Gasteiger partial charge in [0.15, 0.2) is 0 Å². The standard InChI is InChI=1S/C16H15ClN4.C16H14N4O.C15H13N5O2.C15H14N4.C13H18N4/c17-14-8-6-12(7-9-14)10-19-21-11-15(20-16(21)18)13-4-2-1-3-5-13;17-16-18-14(12-7-3-1-4-8-12)11-20(16)19-15(21)13-9-5-2-6-10-13;16-15-17-14(11-4-2-1-3-5-11)10-19(15)18-12-6-8-13(9-7-12)20(21)22;16-15-17-14(12-7-3-1-4-8-12)11-19(15)18-13-9-5-2-6-10-13;1-3-10(2)16-17-9-12(15-13(17)14)11-7-5-4-6-8-11/h1-9,11,19H,10H2,(H2,18,20);1-11H,(H2,17,18)(H,19,21);1-10,18H,(H2,16,17);1-11,18H,(H2,16,17);4-10,16H,3H2,1-2H3,(H2,14,15). The average Bonchev–Trinajstić information content (AvgIpc) is 1.71. The van der Waals surface area contributed by atoms with Gasteiger partial charge < -0.3 is 39.5 Å². The molecule has 1 atom stereocenters. The molecular weight excluding hydrogens is 1280 g/mol. The summed E-state index contributed by atoms with van der Waals surface area (Å²) in [5.74, 6) is 1.66. The van der Waals surface area contributed by atoms with Crippen LogP contribution in [0.5, 0.6) is 0 Å². The number of nitrogens with two attached hydrogens (primary N) is 5. The van der Waals surface area contributed by atoms with Gasteiger partial charge in [-0.05, 0) is 67.4 Å². The van der Waals surface area contributed by atoms with Crippen LogP contribution in [0.3, 0.4) is 0 Å². The van der Waals surface area contributed by atoms with Crippen molar-refractivity contribution >= 4 is 64.3 Å². The van der Waals surface area contributed by atoms with E-state index in [2.05, 4.69) is 65.9 Å². The first kappa shape index (κ1) is 69.2. The highest BCUT2D eigenvalue weighted by atomic mass is 35.5. The summed E-state index contributed by atoms with van der Waals surface area (Å²) >= 11 is 5.87. The zero-order valence-electron chi connectivity index (χ0n) is 54.6. The second-order valence-electron chi connectivity index (χ2n) is 22.2. The van der Waals surface area contributed by atoms with Crippen molar-refractivity contribution in [1.29, 1.82) is 0 Å². The number of carbonyl (C=O) groups is 1. The summed E-state index contributed by atoms with van der Waals surface area (Å²) in [6.45, 7) is 4.89. The molecule has 1 amide bonds. The van der Waals surface area contributed by atoms with E-state index in [1.54, 1.807) is 55.4 Å². The van der Waals surface area contributed by atoms with Crippen molar-refractivity contribution in [2.24, 2.45) is 0 Å². The smallest absolute Gasteiger partial charge is 0.270 e. The quantitative estimate of drug-likeness (QED) is 0.0282. The molecule has 0 spiro atoms. The molecule has 1 unspecified atom stereocenters. The Morgan fingerprint density at radius 2 is 0.750 bits per heavy atom. The molecule has 0 aliphatic carbocycles. The zero-order chi connectivity index (χ0) is 70.2. The lowest BCUT2D eigenvalue weighted by Crippen LogP contribution is -2.24. The molecule has 5 aromatic heterocycles. The minimum absolute atomic E-state index is 0.0362. The van der Waals surface area contributed by atoms with Crippen LogP contribution >= 0.6 is 11.6 Å². The summed E-state index contributed by atoms with van der Waals surface area (Å²) in [7, 11) is 0. The predicted molar refractivity (Wildman–Crippen MR) is 402 cm³/mol. The molecule has 504 valence electrons. The fourth-order valence-corrected chi connectivity index (χ4v) is 9.66. The van der Waals surface area contributed by atoms with Gasteiger partial charge in [0.2, 0.25) is 29.7 Å². The van der Waals surface area contributed by atoms with Gasteiger partial charge in [0.1, 0.15) is 0 Å². The number of non-ortho nitro benzene ring substituents is 1. The van der Waals surface area contributed by atoms with Crippen LogP contribution in [0.15, 0.2) is 292 Å². The Bertz CT molecular complexity index is 4830. The minimum atomic E-state index is -0.442. The second kappa shape index (κ2) is 34.2. The molecule has 100 heavy (non-hydrogen) atoms. The topological polar surface area (TPSA) is 340 Å². The molecule has 0 saturated heterocycles. The molecule has 0 saturated carbocycles. The number of aromatic nitrogens is 10. The molecular formula is C75H74ClN21O3. The number of halogens is 1. The van der Waals surface area contributed by atoms with Gasteiger partial charge in [-0.25, -0.2) is 48.3 Å². The van der Waals surface area contributed by atoms with Crippen molar-refractivity contribution in [3.8, 4) is 56.3 Å². The molecule has 15 N–H and O–H groups in total. The number of imidazole rings is 5. The number of anilines is 7. The maximum atomic E-state index is 12.1. The number of nitrogen functional groups attached to an aromatic ring is 5. The first-order valence-electron chi connectivity index (χ1n) is 31.6. The van der Waals surface area contributed by atoms with E-state index in [4.69, 9.17) is 40.3 Å². The van der Waals surface area contributed by atoms with Gasteiger partial charge >= 0.3 is 0 Å². The van der Waals surface area contributed by atoms with E-state index in [1.165, 1.54) is 16.8 Å². The normalized spacial score (nSPS) is 10.7. The van der Waals surface area contributed by atoms with Gasteiger partial charge in [-0.2, -0.15) is 0 Å². The van der Waals surface area contributed by atoms with Crippen LogP contribution in [0.25, 0.3) is 56.3 Å². The molecule has 25 heteroatoms. The summed E-state index contributed by atoms with van der Waals surface area (Å²) in [5, 5.41) is 11.4. The van der Waals surface area contributed by atoms with Crippen molar-refractivity contribution in [1.82, 2.24) is 48.3 Å². The number of hydrogen-bond acceptors (Lipinski definition) is 17. The second-order valence-corrected chi connectivity index (χ2v) is 22.6. The van der Waals surface area contributed by atoms with Crippen molar-refractivity contribution in [2.45, 2.75) is 32.9 Å². The minimum Gasteiger partial charge on any atom is -0.368 e. The Labute approximate surface area is 582 Å². The van der Waals surface area contributed by atoms with Crippen LogP contribution in [0.2, 0.25) is 5.02 Å². The molecule has 14 rings (SSSR count). The first-order valence-corrected chi connectivity index (χ1v) is 32.0. The van der Waals surface area contributed by atoms with E-state index in [-0.39, 0.29) is 17.5 Å². The Morgan fingerprint density at radius 3 is 1.14 bits per heavy atom. The van der Waals surface area contributed by atoms with Crippen molar-refractivity contribution in [3.05, 3.63) is 318 Å². The van der Waals surface area contributed by atoms with E-state index < -0.39 is 4.92 Å². The number of para-hydroxylation sites is 1. The maximum Gasteiger partial charge on any atom is 0.270 e. The van der Waals surface area contributed by atoms with Crippen LogP contribution in [0.4, 0.5) is 46.8 Å². The Morgan fingerprint density at radius 1 is 0.430 bits per heavy atom. The van der Waals surface area contributed by atoms with Crippen molar-refractivity contribution in [3.63, 3.8) is 0 Å². The number of rotatable bonds is 18. The van der Waals surface area contributed by atoms with Gasteiger partial charge in [0.05, 0.1) is 82.3 Å². The van der Waals surface area contributed by atoms with E-state index in [0.29, 0.717) is 53.3 Å². The Balaban J connectivity index is 0.000000135. The van der Waals surface area contributed by atoms with Crippen LogP contribution < -0.4 is 55.8 Å². The van der Waals surface area contributed by atoms with Crippen molar-refractivity contribution in [2.75, 3.05) is 55.8 Å². The molecule has 9 aromatic carbocycles. The molecule has 5 heterocycles. The summed E-state index contributed by atoms with van der Waals surface area (Å²) in [6.07, 6.45) is 10.2. The lowest BCUT2D eigenvalue weighted by atomic mass is 10.2. The third-order valence-electron chi connectivity index (χ3n) is 15.0. The Hall–Kier alpha value is -13.6. The zero-order valence-corrected chi connectivity index (χ0v) is 55.4. The summed E-state index contributed by atoms with van der Waals surface area (Å²) in [6, 6.07) is 82.1. The van der Waals surface area contributed by atoms with E-state index >= 15 is 0 Å². The van der Waals surface area contributed by atoms with E-state index in [0.717, 1.165) is 73.3 Å². The van der Waals surface area contributed by atoms with Crippen LogP contribution in [-0.4, -0.2) is 65.2 Å². The van der Waals surface area contributed by atoms with Crippen LogP contribution in [0.1, 0.15) is 36.2 Å². The van der Waals surface area contributed by atoms with Gasteiger partial charge in [-0.1, -0.05) is 219 Å². The highest BCUT2D eigenvalue weighted by molar-refractivity contribution is 6.30. The molecule has 0 aliphatic heterocycles. The number of nitrogens with one attached hydrogen (secondary N) is 5. The first-order chi connectivity index (χ1) is 48.6. The summed E-state index contributed by atoms with van der Waals surface area (Å²) in [5.41, 5.74) is 57.3. The number of nitrogens with zero attached hydrogens (tertiary/aromatic N) is 11. The molecule has 24 nitrogen and oxygen atoms in total. The van der Waals surface area contributed by atoms with Crippen LogP contribution in [0, 0.1) is 10.1 Å². The Kier molecular flexibility index (Phi) is 23.7. The molecule has 14 aromatic rings. The largest absolute Gasteiger partial charge is 0.368 e.